The Labute approximate surface area is 144 Å². The van der Waals surface area contributed by atoms with E-state index >= 15 is 0 Å². The molecule has 4 unspecified atom stereocenters. The van der Waals surface area contributed by atoms with Crippen LogP contribution in [0.4, 0.5) is 0 Å². The Bertz CT molecular complexity index is 445. The van der Waals surface area contributed by atoms with Crippen molar-refractivity contribution >= 4 is 0 Å². The molecule has 1 nitrogen and oxygen atoms in total. The third-order valence-corrected chi connectivity index (χ3v) is 9.54. The molecule has 4 saturated carbocycles. The third-order valence-electron chi connectivity index (χ3n) is 9.54. The molecule has 0 aromatic rings. The second-order valence-corrected chi connectivity index (χ2v) is 10.3. The molecule has 1 heteroatoms. The molecular formula is C22H39N. The Morgan fingerprint density at radius 3 is 2.39 bits per heavy atom. The fraction of sp³-hybridized carbons (Fsp3) is 1.00. The van der Waals surface area contributed by atoms with Crippen LogP contribution in [0, 0.1) is 40.4 Å². The van der Waals surface area contributed by atoms with Crippen LogP contribution in [0.3, 0.4) is 0 Å². The fourth-order valence-corrected chi connectivity index (χ4v) is 8.22. The highest BCUT2D eigenvalue weighted by molar-refractivity contribution is 5.09. The Morgan fingerprint density at radius 1 is 0.870 bits per heavy atom. The van der Waals surface area contributed by atoms with Crippen LogP contribution < -0.4 is 5.73 Å². The van der Waals surface area contributed by atoms with Crippen LogP contribution in [-0.4, -0.2) is 6.04 Å². The maximum atomic E-state index is 6.33. The van der Waals surface area contributed by atoms with E-state index in [0.717, 1.165) is 29.6 Å². The smallest absolute Gasteiger partial charge is 0.00418 e. The first kappa shape index (κ1) is 16.4. The minimum atomic E-state index is 0.499. The Hall–Kier alpha value is -0.0400. The van der Waals surface area contributed by atoms with Gasteiger partial charge in [-0.05, 0) is 98.2 Å². The van der Waals surface area contributed by atoms with Gasteiger partial charge in [-0.15, -0.1) is 0 Å². The molecule has 4 aliphatic rings. The van der Waals surface area contributed by atoms with Crippen molar-refractivity contribution in [3.63, 3.8) is 0 Å². The molecule has 23 heavy (non-hydrogen) atoms. The number of hydrogen-bond donors (Lipinski definition) is 1. The standard InChI is InChI=1S/C22H39N/c1-4-5-15-7-9-19-18-8-6-16-14-17(23)10-12-22(16,3)20(18)11-13-21(15,19)2/h15-20H,4-14,23H2,1-3H3/t15-,16?,17-,18?,19?,20?,21+,22-/m0/s1. The van der Waals surface area contributed by atoms with Gasteiger partial charge < -0.3 is 5.73 Å². The molecule has 132 valence electrons. The normalized spacial score (nSPS) is 55.8. The van der Waals surface area contributed by atoms with Crippen molar-refractivity contribution < 1.29 is 0 Å². The molecule has 8 atom stereocenters. The summed E-state index contributed by atoms with van der Waals surface area (Å²) in [5.74, 6) is 5.08. The van der Waals surface area contributed by atoms with E-state index in [0.29, 0.717) is 16.9 Å². The summed E-state index contributed by atoms with van der Waals surface area (Å²) in [5, 5.41) is 0. The topological polar surface area (TPSA) is 26.0 Å². The van der Waals surface area contributed by atoms with E-state index in [1.165, 1.54) is 64.2 Å². The van der Waals surface area contributed by atoms with Crippen molar-refractivity contribution in [2.24, 2.45) is 46.2 Å². The molecule has 0 bridgehead atoms. The molecule has 0 heterocycles. The maximum absolute atomic E-state index is 6.33. The van der Waals surface area contributed by atoms with Crippen LogP contribution >= 0.6 is 0 Å². The highest BCUT2D eigenvalue weighted by Gasteiger charge is 2.59. The van der Waals surface area contributed by atoms with Gasteiger partial charge in [-0.25, -0.2) is 0 Å². The van der Waals surface area contributed by atoms with Crippen molar-refractivity contribution in [2.75, 3.05) is 0 Å². The minimum Gasteiger partial charge on any atom is -0.328 e. The lowest BCUT2D eigenvalue weighted by Crippen LogP contribution is -2.54. The highest BCUT2D eigenvalue weighted by atomic mass is 14.7. The van der Waals surface area contributed by atoms with Gasteiger partial charge in [0.15, 0.2) is 0 Å². The van der Waals surface area contributed by atoms with Crippen molar-refractivity contribution in [2.45, 2.75) is 97.4 Å². The zero-order valence-electron chi connectivity index (χ0n) is 15.8. The van der Waals surface area contributed by atoms with Crippen LogP contribution in [-0.2, 0) is 0 Å². The van der Waals surface area contributed by atoms with Gasteiger partial charge in [-0.3, -0.25) is 0 Å². The predicted molar refractivity (Wildman–Crippen MR) is 98.1 cm³/mol. The predicted octanol–water partition coefficient (Wildman–Crippen LogP) is 5.77. The molecular weight excluding hydrogens is 278 g/mol. The summed E-state index contributed by atoms with van der Waals surface area (Å²) >= 11 is 0. The molecule has 4 rings (SSSR count). The van der Waals surface area contributed by atoms with Crippen molar-refractivity contribution in [3.8, 4) is 0 Å². The minimum absolute atomic E-state index is 0.499. The Balaban J connectivity index is 1.58. The number of nitrogens with two attached hydrogens (primary N) is 1. The van der Waals surface area contributed by atoms with Gasteiger partial charge in [0.25, 0.3) is 0 Å². The first-order valence-corrected chi connectivity index (χ1v) is 10.7. The van der Waals surface area contributed by atoms with E-state index in [2.05, 4.69) is 20.8 Å². The van der Waals surface area contributed by atoms with Crippen molar-refractivity contribution in [3.05, 3.63) is 0 Å². The molecule has 2 N–H and O–H groups in total. The van der Waals surface area contributed by atoms with E-state index < -0.39 is 0 Å². The summed E-state index contributed by atoms with van der Waals surface area (Å²) in [4.78, 5) is 0. The fourth-order valence-electron chi connectivity index (χ4n) is 8.22. The molecule has 0 spiro atoms. The first-order valence-electron chi connectivity index (χ1n) is 10.7. The lowest BCUT2D eigenvalue weighted by Gasteiger charge is -2.61. The van der Waals surface area contributed by atoms with Gasteiger partial charge >= 0.3 is 0 Å². The molecule has 4 fully saturated rings. The Morgan fingerprint density at radius 2 is 1.61 bits per heavy atom. The number of fused-ring (bicyclic) bond motifs is 5. The zero-order valence-corrected chi connectivity index (χ0v) is 15.8. The van der Waals surface area contributed by atoms with Gasteiger partial charge in [-0.2, -0.15) is 0 Å². The zero-order chi connectivity index (χ0) is 16.2. The Kier molecular flexibility index (Phi) is 4.11. The van der Waals surface area contributed by atoms with E-state index in [4.69, 9.17) is 5.73 Å². The summed E-state index contributed by atoms with van der Waals surface area (Å²) in [6, 6.07) is 0.499. The molecule has 0 aromatic heterocycles. The summed E-state index contributed by atoms with van der Waals surface area (Å²) < 4.78 is 0. The van der Waals surface area contributed by atoms with Gasteiger partial charge in [0.05, 0.1) is 0 Å². The second kappa shape index (κ2) is 5.75. The van der Waals surface area contributed by atoms with Crippen LogP contribution in [0.1, 0.15) is 91.4 Å². The van der Waals surface area contributed by atoms with Crippen molar-refractivity contribution in [1.29, 1.82) is 0 Å². The monoisotopic (exact) mass is 317 g/mol. The van der Waals surface area contributed by atoms with E-state index in [9.17, 15) is 0 Å². The van der Waals surface area contributed by atoms with Crippen LogP contribution in [0.2, 0.25) is 0 Å². The largest absolute Gasteiger partial charge is 0.328 e. The molecule has 0 radical (unpaired) electrons. The molecule has 4 aliphatic carbocycles. The SMILES string of the molecule is CCC[C@H]1CCC2C3CCC4C[C@@H](N)CC[C@]4(C)C3CC[C@@]21C. The van der Waals surface area contributed by atoms with Crippen molar-refractivity contribution in [1.82, 2.24) is 0 Å². The van der Waals surface area contributed by atoms with Gasteiger partial charge in [0, 0.05) is 6.04 Å². The second-order valence-electron chi connectivity index (χ2n) is 10.3. The van der Waals surface area contributed by atoms with Gasteiger partial charge in [0.2, 0.25) is 0 Å². The van der Waals surface area contributed by atoms with Gasteiger partial charge in [0.1, 0.15) is 0 Å². The number of rotatable bonds is 2. The molecule has 0 aromatic carbocycles. The number of hydrogen-bond acceptors (Lipinski definition) is 1. The highest BCUT2D eigenvalue weighted by Crippen LogP contribution is 2.67. The summed E-state index contributed by atoms with van der Waals surface area (Å²) in [6.07, 6.45) is 16.0. The average molecular weight is 318 g/mol. The van der Waals surface area contributed by atoms with E-state index in [-0.39, 0.29) is 0 Å². The summed E-state index contributed by atoms with van der Waals surface area (Å²) in [5.41, 5.74) is 7.64. The molecule has 0 saturated heterocycles. The quantitative estimate of drug-likeness (QED) is 0.687. The summed E-state index contributed by atoms with van der Waals surface area (Å²) in [6.45, 7) is 7.74. The third kappa shape index (κ3) is 2.35. The lowest BCUT2D eigenvalue weighted by molar-refractivity contribution is -0.113. The maximum Gasteiger partial charge on any atom is 0.00418 e. The molecule has 0 amide bonds. The lowest BCUT2D eigenvalue weighted by atomic mass is 9.44. The first-order chi connectivity index (χ1) is 11.0. The van der Waals surface area contributed by atoms with E-state index in [1.807, 2.05) is 0 Å². The van der Waals surface area contributed by atoms with Crippen LogP contribution in [0.5, 0.6) is 0 Å². The van der Waals surface area contributed by atoms with Crippen LogP contribution in [0.25, 0.3) is 0 Å². The molecule has 0 aliphatic heterocycles. The average Bonchev–Trinajstić information content (AvgIpc) is 2.85. The van der Waals surface area contributed by atoms with E-state index in [1.54, 1.807) is 6.42 Å². The van der Waals surface area contributed by atoms with Crippen LogP contribution in [0.15, 0.2) is 0 Å². The summed E-state index contributed by atoms with van der Waals surface area (Å²) in [7, 11) is 0. The van der Waals surface area contributed by atoms with Gasteiger partial charge in [-0.1, -0.05) is 33.6 Å².